The Labute approximate surface area is 153 Å². The van der Waals surface area contributed by atoms with Crippen LogP contribution in [0.2, 0.25) is 0 Å². The third-order valence-electron chi connectivity index (χ3n) is 4.15. The van der Waals surface area contributed by atoms with Crippen molar-refractivity contribution in [3.8, 4) is 10.4 Å². The molecule has 144 valence electrons. The highest BCUT2D eigenvalue weighted by Crippen LogP contribution is 2.39. The van der Waals surface area contributed by atoms with Crippen LogP contribution in [-0.2, 0) is 12.7 Å². The van der Waals surface area contributed by atoms with Crippen molar-refractivity contribution in [1.29, 1.82) is 0 Å². The number of nitrogens with zero attached hydrogens (tertiary/aromatic N) is 1. The van der Waals surface area contributed by atoms with Crippen molar-refractivity contribution in [2.24, 2.45) is 0 Å². The first kappa shape index (κ1) is 19.3. The number of fused-ring (bicyclic) bond motifs is 1. The number of thiophene rings is 1. The van der Waals surface area contributed by atoms with Gasteiger partial charge >= 0.3 is 11.9 Å². The molecule has 0 atom stereocenters. The lowest BCUT2D eigenvalue weighted by Crippen LogP contribution is -2.35. The van der Waals surface area contributed by atoms with Crippen LogP contribution in [0, 0.1) is 12.7 Å². The molecule has 2 heterocycles. The van der Waals surface area contributed by atoms with Crippen LogP contribution >= 0.6 is 11.3 Å². The Hall–Kier alpha value is -2.46. The summed E-state index contributed by atoms with van der Waals surface area (Å²) in [4.78, 5) is 27.8. The number of aromatic nitrogens is 2. The topological polar surface area (TPSA) is 75.1 Å². The van der Waals surface area contributed by atoms with Gasteiger partial charge in [0.15, 0.2) is 0 Å². The SMILES string of the molecule is Cc1c(-c2ccc(F)c(C(F)(F)F)c2)sc2[nH]c(=O)n(CCCO)c(=O)c12. The van der Waals surface area contributed by atoms with E-state index in [4.69, 9.17) is 5.11 Å². The fourth-order valence-corrected chi connectivity index (χ4v) is 4.03. The van der Waals surface area contributed by atoms with Crippen molar-refractivity contribution >= 4 is 21.6 Å². The second kappa shape index (κ2) is 6.93. The number of rotatable bonds is 4. The summed E-state index contributed by atoms with van der Waals surface area (Å²) in [7, 11) is 0. The normalized spacial score (nSPS) is 12.1. The molecule has 0 saturated heterocycles. The molecule has 27 heavy (non-hydrogen) atoms. The van der Waals surface area contributed by atoms with Gasteiger partial charge in [-0.2, -0.15) is 13.2 Å². The summed E-state index contributed by atoms with van der Waals surface area (Å²) in [6.45, 7) is 1.37. The fourth-order valence-electron chi connectivity index (χ4n) is 2.84. The van der Waals surface area contributed by atoms with Crippen molar-refractivity contribution in [2.45, 2.75) is 26.1 Å². The quantitative estimate of drug-likeness (QED) is 0.658. The summed E-state index contributed by atoms with van der Waals surface area (Å²) in [6.07, 6.45) is -4.65. The Kier molecular flexibility index (Phi) is 4.96. The number of nitrogens with one attached hydrogen (secondary N) is 1. The third-order valence-corrected chi connectivity index (χ3v) is 5.40. The molecule has 0 aliphatic rings. The Balaban J connectivity index is 2.23. The van der Waals surface area contributed by atoms with E-state index in [9.17, 15) is 27.2 Å². The van der Waals surface area contributed by atoms with Crippen molar-refractivity contribution in [2.75, 3.05) is 6.61 Å². The van der Waals surface area contributed by atoms with Crippen LogP contribution in [-0.4, -0.2) is 21.3 Å². The van der Waals surface area contributed by atoms with Crippen LogP contribution in [0.5, 0.6) is 0 Å². The molecule has 2 N–H and O–H groups in total. The summed E-state index contributed by atoms with van der Waals surface area (Å²) >= 11 is 0.955. The standard InChI is InChI=1S/C17H14F4N2O3S/c1-8-12-14(22-16(26)23(15(12)25)5-2-6-24)27-13(8)9-3-4-11(18)10(7-9)17(19,20)21/h3-4,7,24H,2,5-6H2,1H3,(H,22,26). The van der Waals surface area contributed by atoms with Gasteiger partial charge in [-0.25, -0.2) is 9.18 Å². The molecule has 0 amide bonds. The Bertz CT molecular complexity index is 1130. The van der Waals surface area contributed by atoms with E-state index in [1.54, 1.807) is 6.92 Å². The van der Waals surface area contributed by atoms with E-state index in [1.165, 1.54) is 6.07 Å². The molecule has 1 aromatic carbocycles. The first-order chi connectivity index (χ1) is 12.6. The lowest BCUT2D eigenvalue weighted by Gasteiger charge is -2.09. The van der Waals surface area contributed by atoms with Gasteiger partial charge in [-0.15, -0.1) is 11.3 Å². The van der Waals surface area contributed by atoms with Crippen LogP contribution in [0.1, 0.15) is 17.5 Å². The number of halogens is 4. The van der Waals surface area contributed by atoms with Gasteiger partial charge in [0.1, 0.15) is 10.6 Å². The van der Waals surface area contributed by atoms with Crippen LogP contribution in [0.25, 0.3) is 20.7 Å². The molecule has 10 heteroatoms. The minimum absolute atomic E-state index is 0.0139. The lowest BCUT2D eigenvalue weighted by atomic mass is 10.1. The number of aryl methyl sites for hydroxylation is 1. The van der Waals surface area contributed by atoms with Gasteiger partial charge in [-0.1, -0.05) is 6.07 Å². The smallest absolute Gasteiger partial charge is 0.396 e. The van der Waals surface area contributed by atoms with Crippen molar-refractivity contribution in [3.05, 3.63) is 56.0 Å². The summed E-state index contributed by atoms with van der Waals surface area (Å²) in [5.41, 5.74) is -2.15. The summed E-state index contributed by atoms with van der Waals surface area (Å²) in [5.74, 6) is -1.38. The summed E-state index contributed by atoms with van der Waals surface area (Å²) in [6, 6.07) is 2.62. The maximum Gasteiger partial charge on any atom is 0.419 e. The summed E-state index contributed by atoms with van der Waals surface area (Å²) < 4.78 is 53.4. The fraction of sp³-hybridized carbons (Fsp3) is 0.294. The van der Waals surface area contributed by atoms with Gasteiger partial charge in [0.2, 0.25) is 0 Å². The van der Waals surface area contributed by atoms with Crippen LogP contribution < -0.4 is 11.2 Å². The Morgan fingerprint density at radius 2 is 1.96 bits per heavy atom. The highest BCUT2D eigenvalue weighted by molar-refractivity contribution is 7.22. The molecule has 0 bridgehead atoms. The molecule has 0 aliphatic carbocycles. The number of aromatic amines is 1. The molecule has 3 rings (SSSR count). The number of aliphatic hydroxyl groups is 1. The molecule has 0 aliphatic heterocycles. The molecule has 5 nitrogen and oxygen atoms in total. The van der Waals surface area contributed by atoms with E-state index in [0.29, 0.717) is 16.5 Å². The number of hydrogen-bond donors (Lipinski definition) is 2. The first-order valence-corrected chi connectivity index (χ1v) is 8.71. The average molecular weight is 402 g/mol. The number of hydrogen-bond acceptors (Lipinski definition) is 4. The predicted octanol–water partition coefficient (Wildman–Crippen LogP) is 3.27. The second-order valence-corrected chi connectivity index (χ2v) is 6.94. The van der Waals surface area contributed by atoms with Gasteiger partial charge in [-0.05, 0) is 36.6 Å². The zero-order valence-corrected chi connectivity index (χ0v) is 14.8. The van der Waals surface area contributed by atoms with E-state index in [0.717, 1.165) is 22.0 Å². The predicted molar refractivity (Wildman–Crippen MR) is 93.5 cm³/mol. The third kappa shape index (κ3) is 3.42. The molecule has 0 radical (unpaired) electrons. The molecular formula is C17H14F4N2O3S. The van der Waals surface area contributed by atoms with Crippen LogP contribution in [0.3, 0.4) is 0 Å². The lowest BCUT2D eigenvalue weighted by molar-refractivity contribution is -0.139. The van der Waals surface area contributed by atoms with Crippen molar-refractivity contribution in [1.82, 2.24) is 9.55 Å². The second-order valence-electron chi connectivity index (χ2n) is 5.92. The van der Waals surface area contributed by atoms with Gasteiger partial charge in [0.25, 0.3) is 5.56 Å². The first-order valence-electron chi connectivity index (χ1n) is 7.89. The maximum absolute atomic E-state index is 13.5. The molecule has 0 spiro atoms. The maximum atomic E-state index is 13.5. The molecule has 3 aromatic rings. The van der Waals surface area contributed by atoms with Gasteiger partial charge in [0.05, 0.1) is 10.9 Å². The Morgan fingerprint density at radius 3 is 2.59 bits per heavy atom. The van der Waals surface area contributed by atoms with Crippen molar-refractivity contribution < 1.29 is 22.7 Å². The van der Waals surface area contributed by atoms with Crippen LogP contribution in [0.4, 0.5) is 17.6 Å². The van der Waals surface area contributed by atoms with E-state index in [-0.39, 0.29) is 35.4 Å². The van der Waals surface area contributed by atoms with Crippen molar-refractivity contribution in [3.63, 3.8) is 0 Å². The molecule has 0 saturated carbocycles. The largest absolute Gasteiger partial charge is 0.419 e. The van der Waals surface area contributed by atoms with E-state index in [2.05, 4.69) is 4.98 Å². The van der Waals surface area contributed by atoms with E-state index >= 15 is 0 Å². The highest BCUT2D eigenvalue weighted by Gasteiger charge is 2.34. The van der Waals surface area contributed by atoms with E-state index < -0.39 is 28.8 Å². The zero-order chi connectivity index (χ0) is 19.9. The highest BCUT2D eigenvalue weighted by atomic mass is 32.1. The van der Waals surface area contributed by atoms with Crippen LogP contribution in [0.15, 0.2) is 27.8 Å². The monoisotopic (exact) mass is 402 g/mol. The number of aliphatic hydroxyl groups excluding tert-OH is 1. The molecular weight excluding hydrogens is 388 g/mol. The van der Waals surface area contributed by atoms with Gasteiger partial charge in [-0.3, -0.25) is 14.3 Å². The minimum Gasteiger partial charge on any atom is -0.396 e. The number of H-pyrrole nitrogens is 1. The number of alkyl halides is 3. The minimum atomic E-state index is -4.85. The number of benzene rings is 1. The summed E-state index contributed by atoms with van der Waals surface area (Å²) in [5, 5.41) is 9.08. The van der Waals surface area contributed by atoms with Gasteiger partial charge in [0, 0.05) is 18.0 Å². The average Bonchev–Trinajstić information content (AvgIpc) is 2.90. The van der Waals surface area contributed by atoms with Gasteiger partial charge < -0.3 is 5.11 Å². The Morgan fingerprint density at radius 1 is 1.26 bits per heavy atom. The molecule has 0 fully saturated rings. The molecule has 2 aromatic heterocycles. The van der Waals surface area contributed by atoms with E-state index in [1.807, 2.05) is 0 Å². The zero-order valence-electron chi connectivity index (χ0n) is 14.0. The molecule has 0 unspecified atom stereocenters.